The molecule has 2 aromatic carbocycles. The molecular weight excluding hydrogens is 463 g/mol. The smallest absolute Gasteiger partial charge is 0.403 e. The fourth-order valence-electron chi connectivity index (χ4n) is 5.35. The molecule has 1 fully saturated rings. The van der Waals surface area contributed by atoms with Crippen molar-refractivity contribution in [1.82, 2.24) is 0 Å². The largest absolute Gasteiger partial charge is 0.426 e. The number of allylic oxidation sites excluding steroid dienone is 2. The molecule has 2 aromatic rings. The lowest BCUT2D eigenvalue weighted by Gasteiger charge is -2.55. The van der Waals surface area contributed by atoms with E-state index in [0.717, 1.165) is 22.4 Å². The fraction of sp³-hybridized carbons (Fsp3) is 0.500. The molecule has 1 atom stereocenters. The lowest BCUT2D eigenvalue weighted by Crippen LogP contribution is -2.55. The molecule has 0 radical (unpaired) electrons. The van der Waals surface area contributed by atoms with E-state index in [9.17, 15) is 0 Å². The SMILES string of the molecule is CC1=C[C@@H](C(C)(C)C)C2(OP(Oc3c(C)cccc3C)O2)C(c2cc(C(C)(C)C)cc(C)c2C)=C1C. The highest BCUT2D eigenvalue weighted by Gasteiger charge is 2.62. The average Bonchev–Trinajstić information content (AvgIpc) is 2.72. The summed E-state index contributed by atoms with van der Waals surface area (Å²) in [5, 5.41) is 0. The molecule has 0 bridgehead atoms. The van der Waals surface area contributed by atoms with Gasteiger partial charge in [0.05, 0.1) is 0 Å². The molecule has 0 saturated carbocycles. The summed E-state index contributed by atoms with van der Waals surface area (Å²) in [6.45, 7) is 26.6. The maximum absolute atomic E-state index is 6.84. The second kappa shape index (κ2) is 9.12. The zero-order valence-electron chi connectivity index (χ0n) is 24.2. The van der Waals surface area contributed by atoms with Crippen molar-refractivity contribution in [2.75, 3.05) is 0 Å². The van der Waals surface area contributed by atoms with Crippen molar-refractivity contribution in [2.24, 2.45) is 11.3 Å². The Kier molecular flexibility index (Phi) is 6.87. The van der Waals surface area contributed by atoms with Gasteiger partial charge >= 0.3 is 8.60 Å². The van der Waals surface area contributed by atoms with Crippen molar-refractivity contribution in [1.29, 1.82) is 0 Å². The third kappa shape index (κ3) is 4.60. The Morgan fingerprint density at radius 1 is 0.833 bits per heavy atom. The molecule has 0 amide bonds. The van der Waals surface area contributed by atoms with Crippen LogP contribution >= 0.6 is 8.60 Å². The monoisotopic (exact) mass is 506 g/mol. The highest BCUT2D eigenvalue weighted by Crippen LogP contribution is 2.69. The van der Waals surface area contributed by atoms with E-state index >= 15 is 0 Å². The van der Waals surface area contributed by atoms with Gasteiger partial charge in [0.15, 0.2) is 0 Å². The van der Waals surface area contributed by atoms with Gasteiger partial charge in [-0.25, -0.2) is 0 Å². The summed E-state index contributed by atoms with van der Waals surface area (Å²) in [5.41, 5.74) is 10.9. The van der Waals surface area contributed by atoms with Crippen LogP contribution in [-0.2, 0) is 14.5 Å². The molecule has 36 heavy (non-hydrogen) atoms. The zero-order chi connectivity index (χ0) is 26.8. The van der Waals surface area contributed by atoms with E-state index in [2.05, 4.69) is 119 Å². The number of aryl methyl sites for hydroxylation is 3. The maximum Gasteiger partial charge on any atom is 0.403 e. The molecule has 1 aliphatic carbocycles. The van der Waals surface area contributed by atoms with Gasteiger partial charge in [-0.2, -0.15) is 0 Å². The van der Waals surface area contributed by atoms with E-state index in [0.29, 0.717) is 0 Å². The van der Waals surface area contributed by atoms with Crippen LogP contribution in [0.1, 0.15) is 88.8 Å². The summed E-state index contributed by atoms with van der Waals surface area (Å²) < 4.78 is 20.0. The van der Waals surface area contributed by atoms with Crippen LogP contribution in [0.3, 0.4) is 0 Å². The summed E-state index contributed by atoms with van der Waals surface area (Å²) in [7, 11) is -1.51. The Bertz CT molecular complexity index is 1230. The van der Waals surface area contributed by atoms with Gasteiger partial charge in [-0.05, 0) is 91.3 Å². The van der Waals surface area contributed by atoms with E-state index in [4.69, 9.17) is 13.6 Å². The predicted molar refractivity (Wildman–Crippen MR) is 152 cm³/mol. The molecular formula is C32H43O3P. The Balaban J connectivity index is 1.86. The van der Waals surface area contributed by atoms with Crippen molar-refractivity contribution < 1.29 is 13.6 Å². The molecule has 2 aliphatic rings. The first-order chi connectivity index (χ1) is 16.6. The van der Waals surface area contributed by atoms with Gasteiger partial charge in [-0.15, -0.1) is 0 Å². The number of hydrogen-bond acceptors (Lipinski definition) is 3. The molecule has 0 unspecified atom stereocenters. The van der Waals surface area contributed by atoms with Gasteiger partial charge < -0.3 is 4.52 Å². The first-order valence-corrected chi connectivity index (χ1v) is 14.1. The fourth-order valence-corrected chi connectivity index (χ4v) is 6.73. The van der Waals surface area contributed by atoms with Crippen LogP contribution in [0.25, 0.3) is 5.57 Å². The number of para-hydroxylation sites is 1. The number of rotatable bonds is 3. The quantitative estimate of drug-likeness (QED) is 0.388. The Morgan fingerprint density at radius 2 is 1.42 bits per heavy atom. The number of benzene rings is 2. The first-order valence-electron chi connectivity index (χ1n) is 13.0. The molecule has 1 aliphatic heterocycles. The first kappa shape index (κ1) is 27.1. The van der Waals surface area contributed by atoms with Crippen LogP contribution < -0.4 is 4.52 Å². The average molecular weight is 507 g/mol. The summed E-state index contributed by atoms with van der Waals surface area (Å²) in [4.78, 5) is 0. The van der Waals surface area contributed by atoms with E-state index in [1.807, 2.05) is 0 Å². The molecule has 1 spiro atoms. The maximum atomic E-state index is 6.84. The molecule has 4 rings (SSSR count). The predicted octanol–water partition coefficient (Wildman–Crippen LogP) is 9.66. The third-order valence-electron chi connectivity index (χ3n) is 7.87. The summed E-state index contributed by atoms with van der Waals surface area (Å²) in [6.07, 6.45) is 2.35. The van der Waals surface area contributed by atoms with Crippen molar-refractivity contribution >= 4 is 14.2 Å². The molecule has 1 saturated heterocycles. The van der Waals surface area contributed by atoms with Crippen LogP contribution in [-0.4, -0.2) is 5.79 Å². The molecule has 194 valence electrons. The lowest BCUT2D eigenvalue weighted by atomic mass is 9.66. The zero-order valence-corrected chi connectivity index (χ0v) is 25.1. The van der Waals surface area contributed by atoms with Crippen LogP contribution in [0.4, 0.5) is 0 Å². The van der Waals surface area contributed by atoms with Crippen molar-refractivity contribution in [3.05, 3.63) is 80.9 Å². The Morgan fingerprint density at radius 3 is 1.94 bits per heavy atom. The lowest BCUT2D eigenvalue weighted by molar-refractivity contribution is -0.195. The van der Waals surface area contributed by atoms with Gasteiger partial charge in [0, 0.05) is 11.5 Å². The highest BCUT2D eigenvalue weighted by molar-refractivity contribution is 7.43. The summed E-state index contributed by atoms with van der Waals surface area (Å²) >= 11 is 0. The Hall–Kier alpha value is -1.93. The van der Waals surface area contributed by atoms with Crippen LogP contribution in [0.2, 0.25) is 0 Å². The normalized spacial score (nSPS) is 24.6. The van der Waals surface area contributed by atoms with Gasteiger partial charge in [0.25, 0.3) is 0 Å². The second-order valence-electron chi connectivity index (χ2n) is 12.8. The van der Waals surface area contributed by atoms with Gasteiger partial charge in [0.2, 0.25) is 5.79 Å². The summed E-state index contributed by atoms with van der Waals surface area (Å²) in [6, 6.07) is 10.9. The van der Waals surface area contributed by atoms with E-state index in [1.54, 1.807) is 0 Å². The number of hydrogen-bond donors (Lipinski definition) is 0. The minimum Gasteiger partial charge on any atom is -0.426 e. The summed E-state index contributed by atoms with van der Waals surface area (Å²) in [5.74, 6) is 0.0250. The highest BCUT2D eigenvalue weighted by atomic mass is 31.2. The van der Waals surface area contributed by atoms with Crippen molar-refractivity contribution in [3.63, 3.8) is 0 Å². The molecule has 0 aromatic heterocycles. The molecule has 1 heterocycles. The van der Waals surface area contributed by atoms with Crippen molar-refractivity contribution in [3.8, 4) is 5.75 Å². The Labute approximate surface area is 219 Å². The standard InChI is InChI=1S/C32H43O3P/c1-19-14-13-15-20(2)29(19)33-36-34-32(35-36)27(31(10,11)12)17-22(4)24(6)28(32)26-18-25(30(7,8)9)16-21(3)23(26)5/h13-18,27H,1-12H3/t27-,32?,36?/m0/s1. The van der Waals surface area contributed by atoms with E-state index in [-0.39, 0.29) is 16.7 Å². The molecule has 0 N–H and O–H groups in total. The van der Waals surface area contributed by atoms with Gasteiger partial charge in [-0.1, -0.05) is 83.5 Å². The van der Waals surface area contributed by atoms with E-state index < -0.39 is 14.4 Å². The van der Waals surface area contributed by atoms with Crippen LogP contribution in [0.5, 0.6) is 5.75 Å². The van der Waals surface area contributed by atoms with E-state index in [1.165, 1.54) is 33.4 Å². The second-order valence-corrected chi connectivity index (χ2v) is 13.8. The van der Waals surface area contributed by atoms with Crippen LogP contribution in [0.15, 0.2) is 47.6 Å². The third-order valence-corrected chi connectivity index (χ3v) is 9.04. The van der Waals surface area contributed by atoms with Crippen molar-refractivity contribution in [2.45, 2.75) is 94.3 Å². The molecule has 4 heteroatoms. The minimum absolute atomic E-state index is 0.0389. The molecule has 3 nitrogen and oxygen atoms in total. The topological polar surface area (TPSA) is 27.7 Å². The van der Waals surface area contributed by atoms with Crippen LogP contribution in [0, 0.1) is 39.0 Å². The minimum atomic E-state index is -1.51. The van der Waals surface area contributed by atoms with Gasteiger partial charge in [-0.3, -0.25) is 9.05 Å². The van der Waals surface area contributed by atoms with Gasteiger partial charge in [0.1, 0.15) is 5.75 Å².